The zero-order chi connectivity index (χ0) is 38.6. The molecule has 0 radical (unpaired) electrons. The third-order valence-corrected chi connectivity index (χ3v) is 11.8. The molecule has 0 aliphatic rings. The van der Waals surface area contributed by atoms with E-state index in [1.54, 1.807) is 0 Å². The molecule has 0 saturated carbocycles. The average molecular weight is 755 g/mol. The van der Waals surface area contributed by atoms with Crippen molar-refractivity contribution >= 4 is 87.2 Å². The van der Waals surface area contributed by atoms with Crippen LogP contribution in [-0.4, -0.2) is 19.5 Å². The largest absolute Gasteiger partial charge is 0.456 e. The summed E-state index contributed by atoms with van der Waals surface area (Å²) in [6.07, 6.45) is 0. The van der Waals surface area contributed by atoms with Gasteiger partial charge in [-0.25, -0.2) is 15.0 Å². The fourth-order valence-corrected chi connectivity index (χ4v) is 9.10. The first kappa shape index (κ1) is 32.0. The minimum atomic E-state index is 0.585. The van der Waals surface area contributed by atoms with E-state index in [4.69, 9.17) is 23.8 Å². The Bertz CT molecular complexity index is 3860. The first-order valence-corrected chi connectivity index (χ1v) is 19.8. The van der Waals surface area contributed by atoms with Crippen molar-refractivity contribution in [3.8, 4) is 39.9 Å². The highest BCUT2D eigenvalue weighted by Crippen LogP contribution is 2.45. The van der Waals surface area contributed by atoms with E-state index in [0.717, 1.165) is 93.4 Å². The molecule has 0 N–H and O–H groups in total. The van der Waals surface area contributed by atoms with Gasteiger partial charge in [-0.3, -0.25) is 0 Å². The normalized spacial score (nSPS) is 12.1. The summed E-state index contributed by atoms with van der Waals surface area (Å²) in [5.41, 5.74) is 9.36. The van der Waals surface area contributed by atoms with Gasteiger partial charge >= 0.3 is 0 Å². The molecule has 0 atom stereocenters. The number of rotatable bonds is 4. The summed E-state index contributed by atoms with van der Waals surface area (Å²) in [5, 5.41) is 10.9. The van der Waals surface area contributed by atoms with Gasteiger partial charge in [-0.05, 0) is 59.3 Å². The summed E-state index contributed by atoms with van der Waals surface area (Å²) >= 11 is 0. The molecule has 4 heterocycles. The van der Waals surface area contributed by atoms with Gasteiger partial charge < -0.3 is 13.4 Å². The number of hydrogen-bond donors (Lipinski definition) is 0. The molecule has 0 amide bonds. The Kier molecular flexibility index (Phi) is 6.63. The van der Waals surface area contributed by atoms with Gasteiger partial charge in [0.1, 0.15) is 22.3 Å². The summed E-state index contributed by atoms with van der Waals surface area (Å²) in [6.45, 7) is 0. The van der Waals surface area contributed by atoms with Crippen LogP contribution in [0, 0.1) is 0 Å². The van der Waals surface area contributed by atoms with Gasteiger partial charge in [0.05, 0.1) is 22.1 Å². The van der Waals surface area contributed by atoms with Crippen LogP contribution >= 0.6 is 0 Å². The number of furan rings is 2. The molecule has 274 valence electrons. The van der Waals surface area contributed by atoms with Gasteiger partial charge in [0, 0.05) is 54.4 Å². The van der Waals surface area contributed by atoms with Crippen LogP contribution in [0.4, 0.5) is 0 Å². The Hall–Kier alpha value is -8.09. The highest BCUT2D eigenvalue weighted by Gasteiger charge is 2.23. The molecule has 13 rings (SSSR count). The van der Waals surface area contributed by atoms with Crippen molar-refractivity contribution in [2.45, 2.75) is 0 Å². The molecule has 9 aromatic carbocycles. The maximum Gasteiger partial charge on any atom is 0.164 e. The molecule has 0 bridgehead atoms. The molecule has 4 aromatic heterocycles. The second-order valence-corrected chi connectivity index (χ2v) is 15.2. The first-order chi connectivity index (χ1) is 29.2. The average Bonchev–Trinajstić information content (AvgIpc) is 3.98. The predicted molar refractivity (Wildman–Crippen MR) is 240 cm³/mol. The van der Waals surface area contributed by atoms with E-state index in [0.29, 0.717) is 17.5 Å². The maximum absolute atomic E-state index is 6.77. The van der Waals surface area contributed by atoms with Crippen LogP contribution in [0.25, 0.3) is 127 Å². The summed E-state index contributed by atoms with van der Waals surface area (Å²) in [4.78, 5) is 15.4. The van der Waals surface area contributed by atoms with E-state index >= 15 is 0 Å². The summed E-state index contributed by atoms with van der Waals surface area (Å²) < 4.78 is 15.7. The van der Waals surface area contributed by atoms with E-state index in [-0.39, 0.29) is 0 Å². The molecular weight excluding hydrogens is 725 g/mol. The molecule has 59 heavy (non-hydrogen) atoms. The number of fused-ring (bicyclic) bond motifs is 13. The van der Waals surface area contributed by atoms with Crippen molar-refractivity contribution in [1.29, 1.82) is 0 Å². The SMILES string of the molecule is c1ccc(-c2nc(-c3ccc4ccccc4c3)nc(-c3ccc4c(-n5c6ccccc6c6ccc7oc8ccccc8c7c65)cc5c6ccccc6oc5c4c3)n2)cc1. The smallest absolute Gasteiger partial charge is 0.164 e. The number of para-hydroxylation sites is 3. The number of hydrogen-bond acceptors (Lipinski definition) is 5. The molecule has 0 unspecified atom stereocenters. The minimum absolute atomic E-state index is 0.585. The van der Waals surface area contributed by atoms with E-state index in [9.17, 15) is 0 Å². The summed E-state index contributed by atoms with van der Waals surface area (Å²) in [5.74, 6) is 1.81. The number of benzene rings is 9. The second-order valence-electron chi connectivity index (χ2n) is 15.2. The molecule has 0 saturated heterocycles. The number of aromatic nitrogens is 4. The van der Waals surface area contributed by atoms with Crippen molar-refractivity contribution in [2.75, 3.05) is 0 Å². The lowest BCUT2D eigenvalue weighted by Crippen LogP contribution is -2.00. The van der Waals surface area contributed by atoms with Crippen LogP contribution in [0.3, 0.4) is 0 Å². The Morgan fingerprint density at radius 3 is 1.80 bits per heavy atom. The zero-order valence-electron chi connectivity index (χ0n) is 31.4. The van der Waals surface area contributed by atoms with Crippen LogP contribution in [0.1, 0.15) is 0 Å². The highest BCUT2D eigenvalue weighted by atomic mass is 16.3. The summed E-state index contributed by atoms with van der Waals surface area (Å²) in [7, 11) is 0. The lowest BCUT2D eigenvalue weighted by atomic mass is 10.0. The lowest BCUT2D eigenvalue weighted by Gasteiger charge is -2.14. The monoisotopic (exact) mass is 754 g/mol. The Morgan fingerprint density at radius 2 is 0.966 bits per heavy atom. The zero-order valence-corrected chi connectivity index (χ0v) is 31.4. The van der Waals surface area contributed by atoms with Gasteiger partial charge in [-0.2, -0.15) is 0 Å². The fourth-order valence-electron chi connectivity index (χ4n) is 9.10. The van der Waals surface area contributed by atoms with E-state index in [2.05, 4.69) is 132 Å². The van der Waals surface area contributed by atoms with E-state index < -0.39 is 0 Å². The van der Waals surface area contributed by atoms with E-state index in [1.165, 1.54) is 16.2 Å². The molecule has 13 aromatic rings. The molecule has 0 spiro atoms. The van der Waals surface area contributed by atoms with Crippen LogP contribution in [-0.2, 0) is 0 Å². The molecule has 6 heteroatoms. The third-order valence-electron chi connectivity index (χ3n) is 11.8. The van der Waals surface area contributed by atoms with Gasteiger partial charge in [0.25, 0.3) is 0 Å². The van der Waals surface area contributed by atoms with Crippen molar-refractivity contribution < 1.29 is 8.83 Å². The van der Waals surface area contributed by atoms with Crippen LogP contribution in [0.15, 0.2) is 191 Å². The third kappa shape index (κ3) is 4.77. The minimum Gasteiger partial charge on any atom is -0.456 e. The molecular formula is C53H30N4O2. The Labute approximate surface area is 336 Å². The Morgan fingerprint density at radius 1 is 0.356 bits per heavy atom. The quantitative estimate of drug-likeness (QED) is 0.179. The molecule has 0 fully saturated rings. The van der Waals surface area contributed by atoms with Crippen molar-refractivity contribution in [3.63, 3.8) is 0 Å². The lowest BCUT2D eigenvalue weighted by molar-refractivity contribution is 0.669. The van der Waals surface area contributed by atoms with E-state index in [1.807, 2.05) is 54.6 Å². The first-order valence-electron chi connectivity index (χ1n) is 19.8. The van der Waals surface area contributed by atoms with Crippen molar-refractivity contribution in [2.24, 2.45) is 0 Å². The Balaban J connectivity index is 1.12. The van der Waals surface area contributed by atoms with Crippen molar-refractivity contribution in [3.05, 3.63) is 182 Å². The summed E-state index contributed by atoms with van der Waals surface area (Å²) in [6, 6.07) is 63.2. The number of nitrogens with zero attached hydrogens (tertiary/aromatic N) is 4. The molecule has 0 aliphatic heterocycles. The highest BCUT2D eigenvalue weighted by molar-refractivity contribution is 6.26. The van der Waals surface area contributed by atoms with Gasteiger partial charge in [-0.1, -0.05) is 133 Å². The van der Waals surface area contributed by atoms with Crippen LogP contribution in [0.5, 0.6) is 0 Å². The molecule has 6 nitrogen and oxygen atoms in total. The van der Waals surface area contributed by atoms with Gasteiger partial charge in [-0.15, -0.1) is 0 Å². The fraction of sp³-hybridized carbons (Fsp3) is 0. The van der Waals surface area contributed by atoms with Crippen LogP contribution in [0.2, 0.25) is 0 Å². The van der Waals surface area contributed by atoms with Gasteiger partial charge in [0.2, 0.25) is 0 Å². The predicted octanol–water partition coefficient (Wildman–Crippen LogP) is 14.1. The second kappa shape index (κ2) is 12.2. The topological polar surface area (TPSA) is 69.9 Å². The van der Waals surface area contributed by atoms with Crippen LogP contribution < -0.4 is 0 Å². The molecule has 0 aliphatic carbocycles. The van der Waals surface area contributed by atoms with Gasteiger partial charge in [0.15, 0.2) is 17.5 Å². The maximum atomic E-state index is 6.77. The standard InChI is InChI=1S/C53H30N4O2/c1-2-13-32(14-3-1)51-54-52(34-23-22-31-12-4-5-15-33(31)28-34)56-53(55-51)35-24-25-37-41(29-35)50-42(38-17-7-10-20-45(38)59-50)30-44(37)57-43-19-9-6-16-36(43)39-26-27-47-48(49(39)57)40-18-8-11-21-46(40)58-47/h1-30H. The van der Waals surface area contributed by atoms with Crippen molar-refractivity contribution in [1.82, 2.24) is 19.5 Å².